The van der Waals surface area contributed by atoms with Crippen molar-refractivity contribution in [1.82, 2.24) is 10.6 Å². The molecule has 34 heavy (non-hydrogen) atoms. The summed E-state index contributed by atoms with van der Waals surface area (Å²) in [5.74, 6) is 0.285. The SMILES string of the molecule is C=C(NC)C(NC(CCc1ccc(C(F)(F)F)cc1)/C(C)=C/C(=NC)C(C)C)c1ccccc1. The number of nitrogens with one attached hydrogen (secondary N) is 2. The summed E-state index contributed by atoms with van der Waals surface area (Å²) < 4.78 is 38.8. The highest BCUT2D eigenvalue weighted by Crippen LogP contribution is 2.29. The van der Waals surface area contributed by atoms with E-state index < -0.39 is 11.7 Å². The molecule has 2 rings (SSSR count). The molecule has 0 bridgehead atoms. The number of hydrogen-bond acceptors (Lipinski definition) is 3. The van der Waals surface area contributed by atoms with Gasteiger partial charge in [0.1, 0.15) is 0 Å². The van der Waals surface area contributed by atoms with Crippen molar-refractivity contribution in [2.45, 2.75) is 51.9 Å². The van der Waals surface area contributed by atoms with Gasteiger partial charge in [0.15, 0.2) is 0 Å². The second-order valence-corrected chi connectivity index (χ2v) is 8.76. The van der Waals surface area contributed by atoms with Gasteiger partial charge in [-0.2, -0.15) is 13.2 Å². The second-order valence-electron chi connectivity index (χ2n) is 8.76. The zero-order valence-electron chi connectivity index (χ0n) is 20.7. The van der Waals surface area contributed by atoms with E-state index >= 15 is 0 Å². The molecule has 2 N–H and O–H groups in total. The number of hydrogen-bond donors (Lipinski definition) is 2. The third-order valence-electron chi connectivity index (χ3n) is 5.95. The number of allylic oxidation sites excluding steroid dienone is 1. The van der Waals surface area contributed by atoms with E-state index in [4.69, 9.17) is 0 Å². The van der Waals surface area contributed by atoms with Crippen molar-refractivity contribution in [2.75, 3.05) is 14.1 Å². The summed E-state index contributed by atoms with van der Waals surface area (Å²) in [4.78, 5) is 4.43. The quantitative estimate of drug-likeness (QED) is 0.356. The van der Waals surface area contributed by atoms with Gasteiger partial charge in [-0.05, 0) is 55.0 Å². The van der Waals surface area contributed by atoms with E-state index in [9.17, 15) is 13.2 Å². The molecule has 2 unspecified atom stereocenters. The van der Waals surface area contributed by atoms with Gasteiger partial charge >= 0.3 is 6.18 Å². The van der Waals surface area contributed by atoms with Crippen molar-refractivity contribution in [3.05, 3.63) is 95.2 Å². The lowest BCUT2D eigenvalue weighted by Crippen LogP contribution is -2.37. The molecule has 0 heterocycles. The van der Waals surface area contributed by atoms with Gasteiger partial charge in [-0.25, -0.2) is 0 Å². The molecule has 0 fully saturated rings. The topological polar surface area (TPSA) is 36.4 Å². The lowest BCUT2D eigenvalue weighted by Gasteiger charge is -2.29. The molecule has 2 aromatic carbocycles. The fraction of sp³-hybridized carbons (Fsp3) is 0.393. The maximum absolute atomic E-state index is 12.9. The maximum atomic E-state index is 12.9. The summed E-state index contributed by atoms with van der Waals surface area (Å²) in [7, 11) is 3.64. The van der Waals surface area contributed by atoms with E-state index in [1.807, 2.05) is 25.2 Å². The molecule has 6 heteroatoms. The van der Waals surface area contributed by atoms with E-state index in [2.05, 4.69) is 61.2 Å². The van der Waals surface area contributed by atoms with E-state index in [1.165, 1.54) is 0 Å². The van der Waals surface area contributed by atoms with E-state index in [0.29, 0.717) is 12.8 Å². The number of aryl methyl sites for hydroxylation is 1. The zero-order valence-corrected chi connectivity index (χ0v) is 20.7. The fourth-order valence-corrected chi connectivity index (χ4v) is 3.83. The van der Waals surface area contributed by atoms with Crippen LogP contribution in [0.25, 0.3) is 0 Å². The molecule has 0 aliphatic heterocycles. The highest BCUT2D eigenvalue weighted by molar-refractivity contribution is 5.96. The number of benzene rings is 2. The highest BCUT2D eigenvalue weighted by Gasteiger charge is 2.30. The van der Waals surface area contributed by atoms with Crippen LogP contribution in [0.15, 0.2) is 83.5 Å². The first-order valence-corrected chi connectivity index (χ1v) is 11.5. The Labute approximate surface area is 201 Å². The standard InChI is InChI=1S/C28H36F3N3/c1-19(2)26(33-6)18-20(3)25(17-14-22-12-15-24(16-13-22)28(29,30)31)34-27(21(4)32-5)23-10-8-7-9-11-23/h7-13,15-16,18-19,25,27,32,34H,4,14,17H2,1-3,5-6H3/b20-18+,33-26?. The molecular formula is C28H36F3N3. The van der Waals surface area contributed by atoms with Crippen molar-refractivity contribution < 1.29 is 13.2 Å². The summed E-state index contributed by atoms with van der Waals surface area (Å²) in [5.41, 5.74) is 4.28. The minimum absolute atomic E-state index is 0.0342. The van der Waals surface area contributed by atoms with Crippen LogP contribution in [0, 0.1) is 5.92 Å². The van der Waals surface area contributed by atoms with Gasteiger partial charge in [-0.15, -0.1) is 0 Å². The van der Waals surface area contributed by atoms with Crippen LogP contribution in [0.5, 0.6) is 0 Å². The monoisotopic (exact) mass is 471 g/mol. The summed E-state index contributed by atoms with van der Waals surface area (Å²) in [6.45, 7) is 10.5. The Bertz CT molecular complexity index is 974. The lowest BCUT2D eigenvalue weighted by molar-refractivity contribution is -0.137. The van der Waals surface area contributed by atoms with Gasteiger partial charge in [0.05, 0.1) is 11.6 Å². The smallest absolute Gasteiger partial charge is 0.390 e. The summed E-state index contributed by atoms with van der Waals surface area (Å²) >= 11 is 0. The molecule has 0 aromatic heterocycles. The van der Waals surface area contributed by atoms with Crippen molar-refractivity contribution in [1.29, 1.82) is 0 Å². The average Bonchev–Trinajstić information content (AvgIpc) is 2.82. The number of rotatable bonds is 11. The molecule has 0 amide bonds. The molecular weight excluding hydrogens is 435 g/mol. The molecule has 0 radical (unpaired) electrons. The van der Waals surface area contributed by atoms with Crippen molar-refractivity contribution in [2.24, 2.45) is 10.9 Å². The van der Waals surface area contributed by atoms with Crippen molar-refractivity contribution in [3.8, 4) is 0 Å². The van der Waals surface area contributed by atoms with Gasteiger partial charge in [-0.3, -0.25) is 10.3 Å². The molecule has 0 saturated heterocycles. The Morgan fingerprint density at radius 1 is 1.06 bits per heavy atom. The maximum Gasteiger partial charge on any atom is 0.416 e. The molecule has 184 valence electrons. The molecule has 3 nitrogen and oxygen atoms in total. The van der Waals surface area contributed by atoms with E-state index in [1.54, 1.807) is 19.2 Å². The minimum atomic E-state index is -4.33. The Kier molecular flexibility index (Phi) is 10.1. The molecule has 0 aliphatic rings. The van der Waals surface area contributed by atoms with Gasteiger partial charge in [0.25, 0.3) is 0 Å². The Morgan fingerprint density at radius 3 is 2.18 bits per heavy atom. The third kappa shape index (κ3) is 7.87. The van der Waals surface area contributed by atoms with Crippen LogP contribution in [0.2, 0.25) is 0 Å². The number of nitrogens with zero attached hydrogens (tertiary/aromatic N) is 1. The normalized spacial score (nSPS) is 14.7. The van der Waals surface area contributed by atoms with Gasteiger partial charge in [-0.1, -0.05) is 68.5 Å². The number of aliphatic imine (C=N–C) groups is 1. The van der Waals surface area contributed by atoms with Crippen LogP contribution in [0.4, 0.5) is 13.2 Å². The summed E-state index contributed by atoms with van der Waals surface area (Å²) in [5, 5.41) is 6.90. The first-order valence-electron chi connectivity index (χ1n) is 11.5. The van der Waals surface area contributed by atoms with Crippen LogP contribution in [-0.4, -0.2) is 25.8 Å². The van der Waals surface area contributed by atoms with Gasteiger partial charge < -0.3 is 5.32 Å². The first kappa shape index (κ1) is 27.4. The lowest BCUT2D eigenvalue weighted by atomic mass is 9.94. The van der Waals surface area contributed by atoms with Crippen LogP contribution in [0.3, 0.4) is 0 Å². The van der Waals surface area contributed by atoms with Crippen molar-refractivity contribution >= 4 is 5.71 Å². The van der Waals surface area contributed by atoms with Crippen LogP contribution < -0.4 is 10.6 Å². The summed E-state index contributed by atoms with van der Waals surface area (Å²) in [6.07, 6.45) is -0.873. The average molecular weight is 472 g/mol. The fourth-order valence-electron chi connectivity index (χ4n) is 3.83. The summed E-state index contributed by atoms with van der Waals surface area (Å²) in [6, 6.07) is 15.3. The molecule has 2 aromatic rings. The largest absolute Gasteiger partial charge is 0.416 e. The van der Waals surface area contributed by atoms with Crippen LogP contribution in [-0.2, 0) is 12.6 Å². The zero-order chi connectivity index (χ0) is 25.3. The minimum Gasteiger partial charge on any atom is -0.390 e. The van der Waals surface area contributed by atoms with Crippen molar-refractivity contribution in [3.63, 3.8) is 0 Å². The Hall–Kier alpha value is -2.86. The van der Waals surface area contributed by atoms with Crippen LogP contribution >= 0.6 is 0 Å². The number of likely N-dealkylation sites (N-methyl/N-ethyl adjacent to an activating group) is 1. The molecule has 0 spiro atoms. The molecule has 0 aliphatic carbocycles. The number of alkyl halides is 3. The van der Waals surface area contributed by atoms with Crippen LogP contribution in [0.1, 0.15) is 49.9 Å². The first-order chi connectivity index (χ1) is 16.1. The van der Waals surface area contributed by atoms with Gasteiger partial charge in [0, 0.05) is 31.5 Å². The van der Waals surface area contributed by atoms with Gasteiger partial charge in [0.2, 0.25) is 0 Å². The number of halogens is 3. The Morgan fingerprint density at radius 2 is 1.68 bits per heavy atom. The van der Waals surface area contributed by atoms with E-state index in [0.717, 1.165) is 40.2 Å². The molecule has 2 atom stereocenters. The Balaban J connectivity index is 2.33. The predicted octanol–water partition coefficient (Wildman–Crippen LogP) is 6.74. The third-order valence-corrected chi connectivity index (χ3v) is 5.95. The predicted molar refractivity (Wildman–Crippen MR) is 136 cm³/mol. The highest BCUT2D eigenvalue weighted by atomic mass is 19.4. The van der Waals surface area contributed by atoms with E-state index in [-0.39, 0.29) is 18.0 Å². The molecule has 0 saturated carbocycles. The second kappa shape index (κ2) is 12.6.